The van der Waals surface area contributed by atoms with E-state index in [2.05, 4.69) is 0 Å². The Kier molecular flexibility index (Phi) is 6.33. The Morgan fingerprint density at radius 2 is 1.72 bits per heavy atom. The third-order valence-corrected chi connectivity index (χ3v) is 3.49. The normalized spacial score (nSPS) is 10.4. The fourth-order valence-corrected chi connectivity index (χ4v) is 2.16. The van der Waals surface area contributed by atoms with Crippen molar-refractivity contribution in [2.24, 2.45) is 0 Å². The number of aryl methyl sites for hydroxylation is 1. The van der Waals surface area contributed by atoms with Crippen LogP contribution in [0.25, 0.3) is 0 Å². The van der Waals surface area contributed by atoms with Gasteiger partial charge in [-0.2, -0.15) is 0 Å². The number of hydrogen-bond acceptors (Lipinski definition) is 4. The zero-order valence-electron chi connectivity index (χ0n) is 14.4. The first-order valence-corrected chi connectivity index (χ1v) is 8.00. The second kappa shape index (κ2) is 8.46. The summed E-state index contributed by atoms with van der Waals surface area (Å²) < 4.78 is 43.8. The van der Waals surface area contributed by atoms with Crippen LogP contribution in [-0.4, -0.2) is 12.6 Å². The minimum atomic E-state index is -0.667. The predicted octanol–water partition coefficient (Wildman–Crippen LogP) is 4.57. The van der Waals surface area contributed by atoms with Crippen LogP contribution in [0.5, 0.6) is 17.2 Å². The average Bonchev–Trinajstić information content (AvgIpc) is 2.58. The highest BCUT2D eigenvalue weighted by molar-refractivity contribution is 5.72. The molecule has 0 unspecified atom stereocenters. The zero-order valence-corrected chi connectivity index (χ0v) is 14.4. The molecule has 0 saturated carbocycles. The van der Waals surface area contributed by atoms with Gasteiger partial charge in [-0.15, -0.1) is 0 Å². The first-order chi connectivity index (χ1) is 12.0. The summed E-state index contributed by atoms with van der Waals surface area (Å²) in [5, 5.41) is 0. The number of ether oxygens (including phenoxy) is 3. The molecule has 0 aliphatic carbocycles. The molecule has 4 nitrogen and oxygen atoms in total. The Hall–Kier alpha value is -2.63. The van der Waals surface area contributed by atoms with Gasteiger partial charge in [0.05, 0.1) is 12.2 Å². The minimum absolute atomic E-state index is 0.137. The molecular weight excluding hydrogens is 330 g/mol. The van der Waals surface area contributed by atoms with Crippen molar-refractivity contribution in [2.45, 2.75) is 33.8 Å². The van der Waals surface area contributed by atoms with E-state index >= 15 is 0 Å². The molecule has 0 saturated heterocycles. The molecule has 0 aliphatic rings. The Labute approximate surface area is 145 Å². The summed E-state index contributed by atoms with van der Waals surface area (Å²) in [6.45, 7) is 5.21. The van der Waals surface area contributed by atoms with Crippen LogP contribution in [0.1, 0.15) is 31.4 Å². The van der Waals surface area contributed by atoms with Crippen molar-refractivity contribution in [3.8, 4) is 17.2 Å². The number of hydrogen-bond donors (Lipinski definition) is 0. The summed E-state index contributed by atoms with van der Waals surface area (Å²) in [6, 6.07) is 7.03. The first-order valence-electron chi connectivity index (χ1n) is 8.00. The quantitative estimate of drug-likeness (QED) is 0.542. The standard InChI is InChI=1S/C19H20F2O4/c1-4-19(22)25-17-8-6-7-16(23-5-2)13(17)11-24-18-10-14(20)12(3)9-15(18)21/h6-10H,4-5,11H2,1-3H3. The van der Waals surface area contributed by atoms with Crippen molar-refractivity contribution in [3.05, 3.63) is 53.1 Å². The van der Waals surface area contributed by atoms with Gasteiger partial charge in [0, 0.05) is 12.5 Å². The van der Waals surface area contributed by atoms with Gasteiger partial charge in [0.15, 0.2) is 11.6 Å². The van der Waals surface area contributed by atoms with E-state index in [1.807, 2.05) is 6.92 Å². The highest BCUT2D eigenvalue weighted by Crippen LogP contribution is 2.31. The molecule has 0 bridgehead atoms. The largest absolute Gasteiger partial charge is 0.493 e. The van der Waals surface area contributed by atoms with Gasteiger partial charge in [-0.25, -0.2) is 8.78 Å². The van der Waals surface area contributed by atoms with Crippen molar-refractivity contribution in [1.82, 2.24) is 0 Å². The van der Waals surface area contributed by atoms with E-state index in [-0.39, 0.29) is 30.1 Å². The van der Waals surface area contributed by atoms with Gasteiger partial charge in [-0.1, -0.05) is 13.0 Å². The van der Waals surface area contributed by atoms with E-state index in [0.717, 1.165) is 12.1 Å². The molecule has 0 fully saturated rings. The van der Waals surface area contributed by atoms with Crippen molar-refractivity contribution in [1.29, 1.82) is 0 Å². The van der Waals surface area contributed by atoms with Crippen molar-refractivity contribution in [3.63, 3.8) is 0 Å². The molecule has 0 N–H and O–H groups in total. The molecule has 0 heterocycles. The Morgan fingerprint density at radius 1 is 1.00 bits per heavy atom. The molecule has 0 atom stereocenters. The van der Waals surface area contributed by atoms with E-state index < -0.39 is 17.6 Å². The third kappa shape index (κ3) is 4.68. The van der Waals surface area contributed by atoms with Gasteiger partial charge in [0.25, 0.3) is 0 Å². The number of halogens is 2. The second-order valence-electron chi connectivity index (χ2n) is 5.31. The van der Waals surface area contributed by atoms with Crippen LogP contribution in [0.4, 0.5) is 8.78 Å². The molecule has 2 aromatic rings. The van der Waals surface area contributed by atoms with E-state index in [1.54, 1.807) is 25.1 Å². The lowest BCUT2D eigenvalue weighted by molar-refractivity contribution is -0.134. The smallest absolute Gasteiger partial charge is 0.310 e. The zero-order chi connectivity index (χ0) is 18.4. The lowest BCUT2D eigenvalue weighted by Crippen LogP contribution is -2.10. The number of rotatable bonds is 7. The van der Waals surface area contributed by atoms with Crippen LogP contribution in [0.15, 0.2) is 30.3 Å². The SMILES string of the molecule is CCOc1cccc(OC(=O)CC)c1COc1cc(F)c(C)cc1F. The highest BCUT2D eigenvalue weighted by Gasteiger charge is 2.16. The molecular formula is C19H20F2O4. The Bertz CT molecular complexity index is 759. The number of carbonyl (C=O) groups is 1. The van der Waals surface area contributed by atoms with Crippen LogP contribution < -0.4 is 14.2 Å². The molecule has 2 rings (SSSR count). The maximum Gasteiger partial charge on any atom is 0.310 e. The predicted molar refractivity (Wildman–Crippen MR) is 89.0 cm³/mol. The van der Waals surface area contributed by atoms with Crippen LogP contribution in [0.2, 0.25) is 0 Å². The molecule has 0 aromatic heterocycles. The molecule has 0 radical (unpaired) electrons. The van der Waals surface area contributed by atoms with Gasteiger partial charge >= 0.3 is 5.97 Å². The molecule has 2 aromatic carbocycles. The minimum Gasteiger partial charge on any atom is -0.493 e. The first kappa shape index (κ1) is 18.7. The van der Waals surface area contributed by atoms with Crippen LogP contribution >= 0.6 is 0 Å². The summed E-state index contributed by atoms with van der Waals surface area (Å²) in [7, 11) is 0. The van der Waals surface area contributed by atoms with Crippen LogP contribution in [0.3, 0.4) is 0 Å². The summed E-state index contributed by atoms with van der Waals surface area (Å²) in [4.78, 5) is 11.6. The summed E-state index contributed by atoms with van der Waals surface area (Å²) in [5.74, 6) is -1.14. The summed E-state index contributed by atoms with van der Waals surface area (Å²) >= 11 is 0. The van der Waals surface area contributed by atoms with Gasteiger partial charge < -0.3 is 14.2 Å². The molecule has 0 aliphatic heterocycles. The fourth-order valence-electron chi connectivity index (χ4n) is 2.16. The van der Waals surface area contributed by atoms with Crippen LogP contribution in [-0.2, 0) is 11.4 Å². The van der Waals surface area contributed by atoms with E-state index in [4.69, 9.17) is 14.2 Å². The van der Waals surface area contributed by atoms with E-state index in [0.29, 0.717) is 17.9 Å². The number of carbonyl (C=O) groups excluding carboxylic acids is 1. The van der Waals surface area contributed by atoms with E-state index in [1.165, 1.54) is 6.92 Å². The topological polar surface area (TPSA) is 44.8 Å². The molecule has 6 heteroatoms. The fraction of sp³-hybridized carbons (Fsp3) is 0.316. The Morgan fingerprint density at radius 3 is 2.40 bits per heavy atom. The average molecular weight is 350 g/mol. The molecule has 134 valence electrons. The van der Waals surface area contributed by atoms with Gasteiger partial charge in [0.1, 0.15) is 23.9 Å². The monoisotopic (exact) mass is 350 g/mol. The molecule has 0 amide bonds. The number of esters is 1. The Balaban J connectivity index is 2.30. The van der Waals surface area contributed by atoms with Crippen molar-refractivity contribution < 1.29 is 27.8 Å². The lowest BCUT2D eigenvalue weighted by Gasteiger charge is -2.16. The number of benzene rings is 2. The third-order valence-electron chi connectivity index (χ3n) is 3.49. The van der Waals surface area contributed by atoms with Gasteiger partial charge in [-0.05, 0) is 37.6 Å². The molecule has 0 spiro atoms. The highest BCUT2D eigenvalue weighted by atomic mass is 19.1. The second-order valence-corrected chi connectivity index (χ2v) is 5.31. The summed E-state index contributed by atoms with van der Waals surface area (Å²) in [6.07, 6.45) is 0.205. The van der Waals surface area contributed by atoms with Gasteiger partial charge in [0.2, 0.25) is 0 Å². The van der Waals surface area contributed by atoms with Gasteiger partial charge in [-0.3, -0.25) is 4.79 Å². The van der Waals surface area contributed by atoms with Crippen LogP contribution in [0, 0.1) is 18.6 Å². The lowest BCUT2D eigenvalue weighted by atomic mass is 10.2. The van der Waals surface area contributed by atoms with E-state index in [9.17, 15) is 13.6 Å². The van der Waals surface area contributed by atoms with Crippen molar-refractivity contribution >= 4 is 5.97 Å². The van der Waals surface area contributed by atoms with Crippen molar-refractivity contribution in [2.75, 3.05) is 6.61 Å². The maximum absolute atomic E-state index is 13.9. The summed E-state index contributed by atoms with van der Waals surface area (Å²) in [5.41, 5.74) is 0.642. The molecule has 25 heavy (non-hydrogen) atoms. The maximum atomic E-state index is 13.9.